The lowest BCUT2D eigenvalue weighted by molar-refractivity contribution is -0.117. The van der Waals surface area contributed by atoms with Crippen molar-refractivity contribution in [2.75, 3.05) is 18.0 Å². The van der Waals surface area contributed by atoms with Gasteiger partial charge in [0, 0.05) is 17.8 Å². The van der Waals surface area contributed by atoms with Gasteiger partial charge in [0.2, 0.25) is 5.91 Å². The molecule has 1 fully saturated rings. The Morgan fingerprint density at radius 1 is 1.43 bits per heavy atom. The van der Waals surface area contributed by atoms with Crippen LogP contribution < -0.4 is 4.90 Å². The SMILES string of the molecule is CC(C)(C)OC(=O)N1CCc2nc(N3CC(O)CC3=O)sc2C1. The molecule has 3 heterocycles. The van der Waals surface area contributed by atoms with Crippen molar-refractivity contribution in [3.8, 4) is 0 Å². The van der Waals surface area contributed by atoms with E-state index in [9.17, 15) is 14.7 Å². The molecule has 0 saturated carbocycles. The summed E-state index contributed by atoms with van der Waals surface area (Å²) in [7, 11) is 0. The maximum absolute atomic E-state index is 12.2. The maximum Gasteiger partial charge on any atom is 0.410 e. The number of amides is 2. The molecular weight excluding hydrogens is 318 g/mol. The van der Waals surface area contributed by atoms with E-state index >= 15 is 0 Å². The first-order valence-corrected chi connectivity index (χ1v) is 8.49. The number of aliphatic hydroxyl groups excluding tert-OH is 1. The molecule has 2 aliphatic rings. The highest BCUT2D eigenvalue weighted by molar-refractivity contribution is 7.16. The Hall–Kier alpha value is -1.67. The Morgan fingerprint density at radius 3 is 2.78 bits per heavy atom. The molecule has 3 rings (SSSR count). The fourth-order valence-corrected chi connectivity index (χ4v) is 3.80. The Labute approximate surface area is 138 Å². The summed E-state index contributed by atoms with van der Waals surface area (Å²) in [5.41, 5.74) is 0.410. The van der Waals surface area contributed by atoms with Crippen molar-refractivity contribution >= 4 is 28.5 Å². The van der Waals surface area contributed by atoms with Gasteiger partial charge in [-0.1, -0.05) is 11.3 Å². The molecule has 1 saturated heterocycles. The molecule has 0 spiro atoms. The van der Waals surface area contributed by atoms with E-state index < -0.39 is 11.7 Å². The van der Waals surface area contributed by atoms with E-state index in [4.69, 9.17) is 4.74 Å². The highest BCUT2D eigenvalue weighted by Crippen LogP contribution is 2.33. The first kappa shape index (κ1) is 16.2. The van der Waals surface area contributed by atoms with Gasteiger partial charge >= 0.3 is 6.09 Å². The minimum Gasteiger partial charge on any atom is -0.444 e. The van der Waals surface area contributed by atoms with Crippen molar-refractivity contribution in [2.24, 2.45) is 0 Å². The van der Waals surface area contributed by atoms with E-state index in [0.717, 1.165) is 10.6 Å². The van der Waals surface area contributed by atoms with Crippen LogP contribution in [-0.4, -0.2) is 51.8 Å². The van der Waals surface area contributed by atoms with Crippen LogP contribution in [0.25, 0.3) is 0 Å². The predicted molar refractivity (Wildman–Crippen MR) is 85.4 cm³/mol. The molecular formula is C15H21N3O4S. The second-order valence-electron chi connectivity index (χ2n) is 6.88. The molecule has 1 aromatic rings. The van der Waals surface area contributed by atoms with Crippen LogP contribution in [0, 0.1) is 0 Å². The van der Waals surface area contributed by atoms with E-state index in [2.05, 4.69) is 4.98 Å². The third kappa shape index (κ3) is 3.48. The zero-order chi connectivity index (χ0) is 16.8. The first-order chi connectivity index (χ1) is 10.7. The number of rotatable bonds is 1. The van der Waals surface area contributed by atoms with Gasteiger partial charge in [-0.05, 0) is 20.8 Å². The zero-order valence-electron chi connectivity index (χ0n) is 13.5. The van der Waals surface area contributed by atoms with Crippen molar-refractivity contribution in [1.82, 2.24) is 9.88 Å². The molecule has 2 amide bonds. The number of β-amino-alcohol motifs (C(OH)–C–C–N with tert-alkyl or cyclic N) is 1. The third-order valence-corrected chi connectivity index (χ3v) is 4.81. The van der Waals surface area contributed by atoms with Gasteiger partial charge in [-0.15, -0.1) is 0 Å². The lowest BCUT2D eigenvalue weighted by Gasteiger charge is -2.29. The fourth-order valence-electron chi connectivity index (χ4n) is 2.65. The summed E-state index contributed by atoms with van der Waals surface area (Å²) in [6.07, 6.45) is -0.156. The first-order valence-electron chi connectivity index (χ1n) is 7.68. The number of hydrogen-bond acceptors (Lipinski definition) is 6. The normalized spacial score (nSPS) is 21.6. The minimum atomic E-state index is -0.623. The highest BCUT2D eigenvalue weighted by Gasteiger charge is 2.33. The number of carbonyl (C=O) groups is 2. The van der Waals surface area contributed by atoms with Crippen molar-refractivity contribution < 1.29 is 19.4 Å². The molecule has 1 aromatic heterocycles. The Bertz CT molecular complexity index is 637. The topological polar surface area (TPSA) is 83.0 Å². The molecule has 2 aliphatic heterocycles. The summed E-state index contributed by atoms with van der Waals surface area (Å²) in [6.45, 7) is 6.83. The van der Waals surface area contributed by atoms with Crippen LogP contribution in [-0.2, 0) is 22.5 Å². The van der Waals surface area contributed by atoms with E-state index in [-0.39, 0.29) is 18.4 Å². The maximum atomic E-state index is 12.2. The largest absolute Gasteiger partial charge is 0.444 e. The Balaban J connectivity index is 1.72. The van der Waals surface area contributed by atoms with Gasteiger partial charge in [0.25, 0.3) is 0 Å². The van der Waals surface area contributed by atoms with Crippen LogP contribution in [0.1, 0.15) is 37.8 Å². The van der Waals surface area contributed by atoms with Crippen molar-refractivity contribution in [3.63, 3.8) is 0 Å². The average molecular weight is 339 g/mol. The van der Waals surface area contributed by atoms with Crippen LogP contribution in [0.3, 0.4) is 0 Å². The molecule has 1 unspecified atom stereocenters. The second kappa shape index (κ2) is 5.76. The second-order valence-corrected chi connectivity index (χ2v) is 7.94. The zero-order valence-corrected chi connectivity index (χ0v) is 14.4. The molecule has 1 N–H and O–H groups in total. The summed E-state index contributed by atoms with van der Waals surface area (Å²) in [5.74, 6) is -0.104. The number of hydrogen-bond donors (Lipinski definition) is 1. The van der Waals surface area contributed by atoms with Crippen LogP contribution in [0.15, 0.2) is 0 Å². The summed E-state index contributed by atoms with van der Waals surface area (Å²) in [4.78, 5) is 32.7. The Kier molecular flexibility index (Phi) is 4.05. The van der Waals surface area contributed by atoms with Crippen molar-refractivity contribution in [1.29, 1.82) is 0 Å². The quantitative estimate of drug-likeness (QED) is 0.839. The van der Waals surface area contributed by atoms with E-state index in [1.807, 2.05) is 20.8 Å². The molecule has 8 heteroatoms. The minimum absolute atomic E-state index is 0.104. The number of carbonyl (C=O) groups excluding carboxylic acids is 2. The Morgan fingerprint density at radius 2 is 2.17 bits per heavy atom. The number of fused-ring (bicyclic) bond motifs is 1. The van der Waals surface area contributed by atoms with Gasteiger partial charge in [0.1, 0.15) is 5.60 Å². The molecule has 0 radical (unpaired) electrons. The van der Waals surface area contributed by atoms with Crippen molar-refractivity contribution in [3.05, 3.63) is 10.6 Å². The molecule has 23 heavy (non-hydrogen) atoms. The van der Waals surface area contributed by atoms with Gasteiger partial charge in [-0.25, -0.2) is 9.78 Å². The van der Waals surface area contributed by atoms with Gasteiger partial charge in [0.15, 0.2) is 5.13 Å². The van der Waals surface area contributed by atoms with Crippen LogP contribution in [0.4, 0.5) is 9.93 Å². The predicted octanol–water partition coefficient (Wildman–Crippen LogP) is 1.53. The number of ether oxygens (including phenoxy) is 1. The average Bonchev–Trinajstić information content (AvgIpc) is 2.98. The highest BCUT2D eigenvalue weighted by atomic mass is 32.1. The lowest BCUT2D eigenvalue weighted by atomic mass is 10.2. The van der Waals surface area contributed by atoms with Crippen LogP contribution in [0.2, 0.25) is 0 Å². The van der Waals surface area contributed by atoms with Gasteiger partial charge in [-0.3, -0.25) is 9.69 Å². The standard InChI is InChI=1S/C15H21N3O4S/c1-15(2,3)22-14(21)17-5-4-10-11(8-17)23-13(16-10)18-7-9(19)6-12(18)20/h9,19H,4-8H2,1-3H3. The number of aromatic nitrogens is 1. The van der Waals surface area contributed by atoms with Gasteiger partial charge in [0.05, 0.1) is 31.3 Å². The molecule has 0 aliphatic carbocycles. The monoisotopic (exact) mass is 339 g/mol. The third-order valence-electron chi connectivity index (χ3n) is 3.71. The van der Waals surface area contributed by atoms with Crippen molar-refractivity contribution in [2.45, 2.75) is 51.9 Å². The fraction of sp³-hybridized carbons (Fsp3) is 0.667. The molecule has 1 atom stereocenters. The molecule has 0 aromatic carbocycles. The smallest absolute Gasteiger partial charge is 0.410 e. The number of nitrogens with zero attached hydrogens (tertiary/aromatic N) is 3. The summed E-state index contributed by atoms with van der Waals surface area (Å²) in [5, 5.41) is 10.2. The summed E-state index contributed by atoms with van der Waals surface area (Å²) >= 11 is 1.41. The lowest BCUT2D eigenvalue weighted by Crippen LogP contribution is -2.39. The molecule has 0 bridgehead atoms. The molecule has 126 valence electrons. The molecule has 7 nitrogen and oxygen atoms in total. The van der Waals surface area contributed by atoms with E-state index in [1.54, 1.807) is 4.90 Å². The number of anilines is 1. The summed E-state index contributed by atoms with van der Waals surface area (Å²) < 4.78 is 5.40. The van der Waals surface area contributed by atoms with Crippen LogP contribution in [0.5, 0.6) is 0 Å². The summed E-state index contributed by atoms with van der Waals surface area (Å²) in [6, 6.07) is 0. The number of aliphatic hydroxyl groups is 1. The number of thiazole rings is 1. The van der Waals surface area contributed by atoms with E-state index in [0.29, 0.717) is 31.2 Å². The van der Waals surface area contributed by atoms with E-state index in [1.165, 1.54) is 16.2 Å². The van der Waals surface area contributed by atoms with Crippen LogP contribution >= 0.6 is 11.3 Å². The van der Waals surface area contributed by atoms with Gasteiger partial charge in [-0.2, -0.15) is 0 Å². The van der Waals surface area contributed by atoms with Gasteiger partial charge < -0.3 is 14.7 Å².